The Morgan fingerprint density at radius 3 is 2.59 bits per heavy atom. The maximum atomic E-state index is 14.4. The minimum absolute atomic E-state index is 0.123. The molecule has 2 saturated heterocycles. The van der Waals surface area contributed by atoms with E-state index in [1.165, 1.54) is 6.07 Å². The molecule has 1 aromatic carbocycles. The van der Waals surface area contributed by atoms with Crippen molar-refractivity contribution in [3.8, 4) is 0 Å². The maximum Gasteiger partial charge on any atom is 0.320 e. The lowest BCUT2D eigenvalue weighted by atomic mass is 9.90. The number of aromatic nitrogens is 2. The van der Waals surface area contributed by atoms with E-state index in [2.05, 4.69) is 5.10 Å². The number of carboxylic acids is 1. The van der Waals surface area contributed by atoms with Crippen LogP contribution in [0.1, 0.15) is 24.1 Å². The Kier molecular flexibility index (Phi) is 4.43. The van der Waals surface area contributed by atoms with Gasteiger partial charge < -0.3 is 10.0 Å². The van der Waals surface area contributed by atoms with Gasteiger partial charge in [0.15, 0.2) is 0 Å². The van der Waals surface area contributed by atoms with Gasteiger partial charge in [-0.25, -0.2) is 4.39 Å². The molecule has 7 nitrogen and oxygen atoms in total. The third-order valence-corrected chi connectivity index (χ3v) is 5.69. The molecule has 3 heterocycles. The molecule has 3 atom stereocenters. The van der Waals surface area contributed by atoms with Crippen LogP contribution >= 0.6 is 0 Å². The zero-order valence-electron chi connectivity index (χ0n) is 14.9. The first-order valence-electron chi connectivity index (χ1n) is 8.94. The lowest BCUT2D eigenvalue weighted by Crippen LogP contribution is -2.53. The maximum absolute atomic E-state index is 14.4. The van der Waals surface area contributed by atoms with E-state index in [9.17, 15) is 19.1 Å². The van der Waals surface area contributed by atoms with E-state index in [1.807, 2.05) is 16.9 Å². The average molecular weight is 372 g/mol. The first kappa shape index (κ1) is 17.7. The lowest BCUT2D eigenvalue weighted by Gasteiger charge is -2.41. The van der Waals surface area contributed by atoms with Crippen molar-refractivity contribution in [2.75, 3.05) is 20.1 Å². The molecule has 2 aromatic rings. The van der Waals surface area contributed by atoms with E-state index in [1.54, 1.807) is 41.2 Å². The molecule has 0 radical (unpaired) electrons. The number of aliphatic carboxylic acids is 1. The Balaban J connectivity index is 1.56. The first-order valence-corrected chi connectivity index (χ1v) is 8.94. The van der Waals surface area contributed by atoms with Crippen LogP contribution in [0.25, 0.3) is 0 Å². The van der Waals surface area contributed by atoms with Crippen LogP contribution in [0.4, 0.5) is 4.39 Å². The van der Waals surface area contributed by atoms with E-state index in [4.69, 9.17) is 0 Å². The van der Waals surface area contributed by atoms with E-state index in [0.717, 1.165) is 0 Å². The van der Waals surface area contributed by atoms with Crippen LogP contribution in [-0.4, -0.2) is 62.7 Å². The molecule has 0 saturated carbocycles. The summed E-state index contributed by atoms with van der Waals surface area (Å²) in [6.07, 6.45) is 3.73. The Morgan fingerprint density at radius 2 is 1.96 bits per heavy atom. The molecule has 1 amide bonds. The second kappa shape index (κ2) is 6.77. The van der Waals surface area contributed by atoms with Crippen molar-refractivity contribution >= 4 is 11.9 Å². The van der Waals surface area contributed by atoms with Crippen molar-refractivity contribution in [3.63, 3.8) is 0 Å². The third-order valence-electron chi connectivity index (χ3n) is 5.69. The first-order chi connectivity index (χ1) is 13.0. The minimum Gasteiger partial charge on any atom is -0.480 e. The van der Waals surface area contributed by atoms with Crippen LogP contribution in [0.2, 0.25) is 0 Å². The molecule has 0 unspecified atom stereocenters. The summed E-state index contributed by atoms with van der Waals surface area (Å²) in [5.74, 6) is -2.13. The summed E-state index contributed by atoms with van der Waals surface area (Å²) in [7, 11) is 1.64. The number of halogens is 1. The second-order valence-electron chi connectivity index (χ2n) is 7.21. The minimum atomic E-state index is -0.993. The fourth-order valence-corrected chi connectivity index (χ4v) is 4.21. The van der Waals surface area contributed by atoms with Gasteiger partial charge in [-0.05, 0) is 25.6 Å². The largest absolute Gasteiger partial charge is 0.480 e. The monoisotopic (exact) mass is 372 g/mol. The predicted octanol–water partition coefficient (Wildman–Crippen LogP) is 1.55. The standard InChI is InChI=1S/C19H21FN4O3/c1-22-16(19(26)27)9-14(17(22)13-5-2-3-6-15(13)20)18(25)23-10-12(11-23)24-8-4-7-21-24/h2-8,12,14,16-17H,9-11H2,1H3,(H,26,27)/t14-,16-,17-/m1/s1. The number of hydrogen-bond donors (Lipinski definition) is 1. The number of nitrogens with zero attached hydrogens (tertiary/aromatic N) is 4. The predicted molar refractivity (Wildman–Crippen MR) is 94.3 cm³/mol. The van der Waals surface area contributed by atoms with Gasteiger partial charge in [-0.2, -0.15) is 5.10 Å². The zero-order valence-corrected chi connectivity index (χ0v) is 14.9. The smallest absolute Gasteiger partial charge is 0.320 e. The molecule has 2 aliphatic rings. The summed E-state index contributed by atoms with van der Waals surface area (Å²) in [5.41, 5.74) is 0.367. The molecule has 142 valence electrons. The Labute approximate surface area is 156 Å². The molecule has 4 rings (SSSR count). The van der Waals surface area contributed by atoms with Crippen molar-refractivity contribution in [2.24, 2.45) is 5.92 Å². The van der Waals surface area contributed by atoms with Gasteiger partial charge >= 0.3 is 5.97 Å². The van der Waals surface area contributed by atoms with E-state index < -0.39 is 29.8 Å². The topological polar surface area (TPSA) is 78.7 Å². The molecule has 0 aliphatic carbocycles. The summed E-state index contributed by atoms with van der Waals surface area (Å²) >= 11 is 0. The van der Waals surface area contributed by atoms with E-state index in [-0.39, 0.29) is 18.4 Å². The molecular weight excluding hydrogens is 351 g/mol. The van der Waals surface area contributed by atoms with Gasteiger partial charge in [-0.3, -0.25) is 19.2 Å². The van der Waals surface area contributed by atoms with Crippen molar-refractivity contribution in [3.05, 3.63) is 54.1 Å². The zero-order chi connectivity index (χ0) is 19.1. The fraction of sp³-hybridized carbons (Fsp3) is 0.421. The quantitative estimate of drug-likeness (QED) is 0.881. The summed E-state index contributed by atoms with van der Waals surface area (Å²) in [6, 6.07) is 6.82. The molecule has 2 aliphatic heterocycles. The number of rotatable bonds is 4. The normalized spacial score (nSPS) is 26.1. The van der Waals surface area contributed by atoms with Gasteiger partial charge in [-0.15, -0.1) is 0 Å². The van der Waals surface area contributed by atoms with Crippen molar-refractivity contribution in [1.29, 1.82) is 0 Å². The highest BCUT2D eigenvalue weighted by molar-refractivity contribution is 5.83. The van der Waals surface area contributed by atoms with Crippen molar-refractivity contribution in [1.82, 2.24) is 19.6 Å². The Morgan fingerprint density at radius 1 is 1.22 bits per heavy atom. The summed E-state index contributed by atoms with van der Waals surface area (Å²) < 4.78 is 16.2. The fourth-order valence-electron chi connectivity index (χ4n) is 4.21. The number of carbonyl (C=O) groups is 2. The number of carbonyl (C=O) groups excluding carboxylic acids is 1. The molecule has 2 fully saturated rings. The van der Waals surface area contributed by atoms with Crippen LogP contribution in [0.15, 0.2) is 42.7 Å². The molecule has 1 aromatic heterocycles. The number of carboxylic acid groups (broad SMARTS) is 1. The molecule has 0 spiro atoms. The number of likely N-dealkylation sites (N-methyl/N-ethyl adjacent to an activating group) is 1. The van der Waals surface area contributed by atoms with E-state index >= 15 is 0 Å². The van der Waals surface area contributed by atoms with Crippen molar-refractivity contribution in [2.45, 2.75) is 24.5 Å². The number of hydrogen-bond acceptors (Lipinski definition) is 4. The number of likely N-dealkylation sites (tertiary alicyclic amines) is 2. The van der Waals surface area contributed by atoms with Crippen molar-refractivity contribution < 1.29 is 19.1 Å². The highest BCUT2D eigenvalue weighted by Crippen LogP contribution is 2.42. The van der Waals surface area contributed by atoms with Crippen LogP contribution in [0.3, 0.4) is 0 Å². The lowest BCUT2D eigenvalue weighted by molar-refractivity contribution is -0.142. The second-order valence-corrected chi connectivity index (χ2v) is 7.21. The summed E-state index contributed by atoms with van der Waals surface area (Å²) in [5, 5.41) is 13.7. The van der Waals surface area contributed by atoms with Crippen LogP contribution in [-0.2, 0) is 9.59 Å². The number of benzene rings is 1. The van der Waals surface area contributed by atoms with Gasteiger partial charge in [0.05, 0.1) is 12.0 Å². The van der Waals surface area contributed by atoms with Crippen LogP contribution < -0.4 is 0 Å². The Bertz CT molecular complexity index is 850. The van der Waals surface area contributed by atoms with E-state index in [0.29, 0.717) is 18.7 Å². The van der Waals surface area contributed by atoms with Gasteiger partial charge in [0, 0.05) is 37.1 Å². The molecule has 1 N–H and O–H groups in total. The highest BCUT2D eigenvalue weighted by atomic mass is 19.1. The summed E-state index contributed by atoms with van der Waals surface area (Å²) in [6.45, 7) is 1.06. The molecule has 27 heavy (non-hydrogen) atoms. The number of amides is 1. The van der Waals surface area contributed by atoms with Gasteiger partial charge in [0.1, 0.15) is 11.9 Å². The molecular formula is C19H21FN4O3. The van der Waals surface area contributed by atoms with Gasteiger partial charge in [0.25, 0.3) is 0 Å². The van der Waals surface area contributed by atoms with Crippen LogP contribution in [0, 0.1) is 11.7 Å². The highest BCUT2D eigenvalue weighted by Gasteiger charge is 2.49. The SMILES string of the molecule is CN1[C@@H](C(=O)O)C[C@@H](C(=O)N2CC(n3cccn3)C2)[C@H]1c1ccccc1F. The third kappa shape index (κ3) is 2.99. The van der Waals surface area contributed by atoms with Gasteiger partial charge in [0.2, 0.25) is 5.91 Å². The summed E-state index contributed by atoms with van der Waals surface area (Å²) in [4.78, 5) is 28.1. The van der Waals surface area contributed by atoms with Gasteiger partial charge in [-0.1, -0.05) is 18.2 Å². The Hall–Kier alpha value is -2.74. The molecule has 8 heteroatoms. The molecule has 0 bridgehead atoms. The van der Waals surface area contributed by atoms with Crippen LogP contribution in [0.5, 0.6) is 0 Å². The average Bonchev–Trinajstić information content (AvgIpc) is 3.22.